The first kappa shape index (κ1) is 29.8. The minimum atomic E-state index is -3.84. The Kier molecular flexibility index (Phi) is 10.6. The highest BCUT2D eigenvalue weighted by atomic mass is 32.2. The number of amides is 2. The van der Waals surface area contributed by atoms with Crippen molar-refractivity contribution >= 4 is 27.5 Å². The van der Waals surface area contributed by atoms with Crippen LogP contribution in [0.3, 0.4) is 0 Å². The standard InChI is InChI=1S/C29H33F2N3O4S/c1-3-32-29(36)27(20-22-12-5-4-6-13-22)33(21-23-14-7-8-15-24(23)30)28(35)18-11-19-34(39(2,37)38)26-17-10-9-16-25(26)31/h4-10,12-17,27H,3,11,18-21H2,1-2H3,(H,32,36). The number of para-hydroxylation sites is 1. The first-order chi connectivity index (χ1) is 18.6. The summed E-state index contributed by atoms with van der Waals surface area (Å²) in [4.78, 5) is 28.1. The van der Waals surface area contributed by atoms with Gasteiger partial charge in [0.25, 0.3) is 0 Å². The van der Waals surface area contributed by atoms with Gasteiger partial charge in [0.2, 0.25) is 21.8 Å². The second-order valence-electron chi connectivity index (χ2n) is 9.10. The van der Waals surface area contributed by atoms with Crippen molar-refractivity contribution in [2.75, 3.05) is 23.7 Å². The molecular weight excluding hydrogens is 524 g/mol. The SMILES string of the molecule is CCNC(=O)C(Cc1ccccc1)N(Cc1ccccc1F)C(=O)CCCN(c1ccccc1F)S(C)(=O)=O. The fourth-order valence-corrected chi connectivity index (χ4v) is 5.26. The monoisotopic (exact) mass is 557 g/mol. The molecule has 0 bridgehead atoms. The topological polar surface area (TPSA) is 86.8 Å². The van der Waals surface area contributed by atoms with Crippen LogP contribution < -0.4 is 9.62 Å². The Morgan fingerprint density at radius 3 is 2.13 bits per heavy atom. The molecule has 1 unspecified atom stereocenters. The summed E-state index contributed by atoms with van der Waals surface area (Å²) in [6, 6.07) is 19.8. The maximum Gasteiger partial charge on any atom is 0.243 e. The van der Waals surface area contributed by atoms with Crippen molar-refractivity contribution in [3.8, 4) is 0 Å². The van der Waals surface area contributed by atoms with Crippen LogP contribution in [0.5, 0.6) is 0 Å². The predicted molar refractivity (Wildman–Crippen MR) is 147 cm³/mol. The molecule has 0 aliphatic carbocycles. The number of nitrogens with zero attached hydrogens (tertiary/aromatic N) is 2. The molecule has 0 spiro atoms. The third-order valence-corrected chi connectivity index (χ3v) is 7.37. The molecular formula is C29H33F2N3O4S. The van der Waals surface area contributed by atoms with E-state index in [2.05, 4.69) is 5.32 Å². The van der Waals surface area contributed by atoms with E-state index in [0.29, 0.717) is 6.54 Å². The van der Waals surface area contributed by atoms with Crippen LogP contribution in [-0.4, -0.2) is 50.5 Å². The highest BCUT2D eigenvalue weighted by Crippen LogP contribution is 2.23. The summed E-state index contributed by atoms with van der Waals surface area (Å²) < 4.78 is 54.7. The van der Waals surface area contributed by atoms with Gasteiger partial charge in [-0.3, -0.25) is 13.9 Å². The molecule has 3 aromatic carbocycles. The van der Waals surface area contributed by atoms with Crippen molar-refractivity contribution < 1.29 is 26.8 Å². The Balaban J connectivity index is 1.88. The molecule has 3 aromatic rings. The minimum absolute atomic E-state index is 0.0570. The Hall–Kier alpha value is -3.79. The molecule has 39 heavy (non-hydrogen) atoms. The average Bonchev–Trinajstić information content (AvgIpc) is 2.90. The van der Waals surface area contributed by atoms with Crippen LogP contribution in [-0.2, 0) is 32.6 Å². The van der Waals surface area contributed by atoms with E-state index >= 15 is 0 Å². The summed E-state index contributed by atoms with van der Waals surface area (Å²) in [5, 5.41) is 2.77. The summed E-state index contributed by atoms with van der Waals surface area (Å²) in [5.41, 5.74) is 0.958. The largest absolute Gasteiger partial charge is 0.355 e. The van der Waals surface area contributed by atoms with E-state index in [1.165, 1.54) is 29.2 Å². The Morgan fingerprint density at radius 2 is 1.51 bits per heavy atom. The first-order valence-corrected chi connectivity index (χ1v) is 14.5. The molecule has 1 atom stereocenters. The third kappa shape index (κ3) is 8.35. The Labute approximate surface area is 228 Å². The minimum Gasteiger partial charge on any atom is -0.355 e. The van der Waals surface area contributed by atoms with Crippen LogP contribution >= 0.6 is 0 Å². The maximum atomic E-state index is 14.6. The lowest BCUT2D eigenvalue weighted by molar-refractivity contribution is -0.141. The van der Waals surface area contributed by atoms with Crippen molar-refractivity contribution in [2.45, 2.75) is 38.8 Å². The van der Waals surface area contributed by atoms with Crippen molar-refractivity contribution in [1.82, 2.24) is 10.2 Å². The number of sulfonamides is 1. The number of likely N-dealkylation sites (N-methyl/N-ethyl adjacent to an activating group) is 1. The van der Waals surface area contributed by atoms with Crippen LogP contribution in [0.15, 0.2) is 78.9 Å². The van der Waals surface area contributed by atoms with Gasteiger partial charge < -0.3 is 10.2 Å². The number of carbonyl (C=O) groups is 2. The van der Waals surface area contributed by atoms with Crippen molar-refractivity contribution in [2.24, 2.45) is 0 Å². The molecule has 0 aromatic heterocycles. The summed E-state index contributed by atoms with van der Waals surface area (Å²) in [7, 11) is -3.84. The van der Waals surface area contributed by atoms with Crippen molar-refractivity contribution in [3.05, 3.63) is 102 Å². The van der Waals surface area contributed by atoms with E-state index in [-0.39, 0.29) is 49.5 Å². The lowest BCUT2D eigenvalue weighted by Crippen LogP contribution is -2.50. The molecule has 3 rings (SSSR count). The number of halogens is 2. The fraction of sp³-hybridized carbons (Fsp3) is 0.310. The second-order valence-corrected chi connectivity index (χ2v) is 11.0. The molecule has 0 radical (unpaired) electrons. The van der Waals surface area contributed by atoms with Crippen LogP contribution in [0.4, 0.5) is 14.5 Å². The van der Waals surface area contributed by atoms with Crippen LogP contribution in [0.25, 0.3) is 0 Å². The van der Waals surface area contributed by atoms with E-state index in [1.54, 1.807) is 25.1 Å². The van der Waals surface area contributed by atoms with E-state index in [0.717, 1.165) is 22.2 Å². The highest BCUT2D eigenvalue weighted by molar-refractivity contribution is 7.92. The zero-order valence-electron chi connectivity index (χ0n) is 22.0. The van der Waals surface area contributed by atoms with Crippen LogP contribution in [0, 0.1) is 11.6 Å². The molecule has 0 aliphatic rings. The maximum absolute atomic E-state index is 14.6. The zero-order valence-corrected chi connectivity index (χ0v) is 22.8. The van der Waals surface area contributed by atoms with Crippen molar-refractivity contribution in [3.63, 3.8) is 0 Å². The smallest absolute Gasteiger partial charge is 0.243 e. The first-order valence-electron chi connectivity index (χ1n) is 12.7. The van der Waals surface area contributed by atoms with E-state index in [9.17, 15) is 26.8 Å². The van der Waals surface area contributed by atoms with Gasteiger partial charge in [-0.05, 0) is 37.1 Å². The number of hydrogen-bond donors (Lipinski definition) is 1. The Morgan fingerprint density at radius 1 is 0.897 bits per heavy atom. The lowest BCUT2D eigenvalue weighted by Gasteiger charge is -2.32. The Bertz CT molecular complexity index is 1370. The van der Waals surface area contributed by atoms with Gasteiger partial charge in [0.15, 0.2) is 0 Å². The fourth-order valence-electron chi connectivity index (χ4n) is 4.29. The second kappa shape index (κ2) is 13.8. The zero-order chi connectivity index (χ0) is 28.4. The molecule has 208 valence electrons. The molecule has 0 saturated carbocycles. The molecule has 7 nitrogen and oxygen atoms in total. The molecule has 0 fully saturated rings. The average molecular weight is 558 g/mol. The third-order valence-electron chi connectivity index (χ3n) is 6.19. The molecule has 2 amide bonds. The quantitative estimate of drug-likeness (QED) is 0.340. The van der Waals surface area contributed by atoms with Crippen molar-refractivity contribution in [1.29, 1.82) is 0 Å². The van der Waals surface area contributed by atoms with Crippen LogP contribution in [0.1, 0.15) is 30.9 Å². The normalized spacial score (nSPS) is 12.0. The van der Waals surface area contributed by atoms with Gasteiger partial charge >= 0.3 is 0 Å². The number of anilines is 1. The van der Waals surface area contributed by atoms with E-state index < -0.39 is 33.6 Å². The summed E-state index contributed by atoms with van der Waals surface area (Å²) in [6.07, 6.45) is 1.09. The van der Waals surface area contributed by atoms with Crippen LogP contribution in [0.2, 0.25) is 0 Å². The summed E-state index contributed by atoms with van der Waals surface area (Å²) in [5.74, 6) is -2.04. The van der Waals surface area contributed by atoms with E-state index in [4.69, 9.17) is 0 Å². The number of carbonyl (C=O) groups excluding carboxylic acids is 2. The van der Waals surface area contributed by atoms with Gasteiger partial charge in [0, 0.05) is 38.0 Å². The predicted octanol–water partition coefficient (Wildman–Crippen LogP) is 4.29. The molecule has 1 N–H and O–H groups in total. The van der Waals surface area contributed by atoms with Gasteiger partial charge in [0.05, 0.1) is 11.9 Å². The molecule has 0 heterocycles. The number of nitrogens with one attached hydrogen (secondary N) is 1. The summed E-state index contributed by atoms with van der Waals surface area (Å²) in [6.45, 7) is 1.81. The van der Waals surface area contributed by atoms with Gasteiger partial charge in [-0.2, -0.15) is 0 Å². The number of benzene rings is 3. The van der Waals surface area contributed by atoms with Gasteiger partial charge in [-0.15, -0.1) is 0 Å². The van der Waals surface area contributed by atoms with E-state index in [1.807, 2.05) is 30.3 Å². The van der Waals surface area contributed by atoms with Gasteiger partial charge in [0.1, 0.15) is 17.7 Å². The number of rotatable bonds is 13. The molecule has 0 aliphatic heterocycles. The van der Waals surface area contributed by atoms with Gasteiger partial charge in [-0.1, -0.05) is 60.7 Å². The lowest BCUT2D eigenvalue weighted by atomic mass is 10.0. The molecule has 10 heteroatoms. The van der Waals surface area contributed by atoms with Gasteiger partial charge in [-0.25, -0.2) is 17.2 Å². The highest BCUT2D eigenvalue weighted by Gasteiger charge is 2.31. The number of hydrogen-bond acceptors (Lipinski definition) is 4. The molecule has 0 saturated heterocycles. The summed E-state index contributed by atoms with van der Waals surface area (Å²) >= 11 is 0.